The molecule has 0 saturated heterocycles. The van der Waals surface area contributed by atoms with Gasteiger partial charge >= 0.3 is 0 Å². The van der Waals surface area contributed by atoms with E-state index in [-0.39, 0.29) is 5.78 Å². The van der Waals surface area contributed by atoms with E-state index >= 15 is 0 Å². The van der Waals surface area contributed by atoms with Crippen LogP contribution in [-0.4, -0.2) is 27.5 Å². The van der Waals surface area contributed by atoms with E-state index in [0.717, 1.165) is 34.0 Å². The van der Waals surface area contributed by atoms with Crippen LogP contribution in [0.25, 0.3) is 22.4 Å². The molecule has 0 amide bonds. The van der Waals surface area contributed by atoms with Crippen molar-refractivity contribution >= 4 is 28.3 Å². The molecule has 1 atom stereocenters. The van der Waals surface area contributed by atoms with Gasteiger partial charge in [-0.2, -0.15) is 0 Å². The highest BCUT2D eigenvalue weighted by molar-refractivity contribution is 6.30. The summed E-state index contributed by atoms with van der Waals surface area (Å²) >= 11 is 5.99. The Morgan fingerprint density at radius 3 is 2.59 bits per heavy atom. The topological polar surface area (TPSA) is 83.8 Å². The first-order chi connectivity index (χ1) is 16.6. The monoisotopic (exact) mass is 470 g/mol. The average Bonchev–Trinajstić information content (AvgIpc) is 3.49. The van der Waals surface area contributed by atoms with Gasteiger partial charge < -0.3 is 14.7 Å². The highest BCUT2D eigenvalue weighted by atomic mass is 35.5. The molecule has 2 N–H and O–H groups in total. The standard InChI is InChI=1S/C27H23ClN4O2/c1-17-31-32-27(34-17)20-9-12-22-23(16-30-24(22)15-20)26(33)25(19-5-3-2-4-6-19)29-14-13-18-7-10-21(28)11-8-18/h2-12,15-16,25,29-30H,13-14H2,1H3/t25-/m0/s1. The van der Waals surface area contributed by atoms with E-state index < -0.39 is 6.04 Å². The van der Waals surface area contributed by atoms with Crippen LogP contribution in [0, 0.1) is 6.92 Å². The Kier molecular flexibility index (Phi) is 6.25. The van der Waals surface area contributed by atoms with Crippen molar-refractivity contribution in [3.8, 4) is 11.5 Å². The lowest BCUT2D eigenvalue weighted by atomic mass is 9.96. The largest absolute Gasteiger partial charge is 0.421 e. The molecule has 0 saturated carbocycles. The van der Waals surface area contributed by atoms with Gasteiger partial charge in [-0.1, -0.05) is 60.1 Å². The van der Waals surface area contributed by atoms with Crippen LogP contribution in [0.15, 0.2) is 83.4 Å². The highest BCUT2D eigenvalue weighted by Gasteiger charge is 2.24. The van der Waals surface area contributed by atoms with Crippen molar-refractivity contribution in [2.24, 2.45) is 0 Å². The molecule has 0 fully saturated rings. The summed E-state index contributed by atoms with van der Waals surface area (Å²) in [5, 5.41) is 13.0. The summed E-state index contributed by atoms with van der Waals surface area (Å²) in [6, 6.07) is 22.8. The Balaban J connectivity index is 1.40. The normalized spacial score (nSPS) is 12.2. The molecule has 0 aliphatic carbocycles. The molecule has 34 heavy (non-hydrogen) atoms. The number of rotatable bonds is 8. The van der Waals surface area contributed by atoms with Gasteiger partial charge in [0.1, 0.15) is 0 Å². The Bertz CT molecular complexity index is 1420. The van der Waals surface area contributed by atoms with Crippen LogP contribution in [0.2, 0.25) is 5.02 Å². The second-order valence-electron chi connectivity index (χ2n) is 8.13. The van der Waals surface area contributed by atoms with Crippen LogP contribution in [-0.2, 0) is 6.42 Å². The number of fused-ring (bicyclic) bond motifs is 1. The fourth-order valence-corrected chi connectivity index (χ4v) is 4.18. The number of Topliss-reactive ketones (excluding diaryl/α,β-unsaturated/α-hetero) is 1. The van der Waals surface area contributed by atoms with Crippen molar-refractivity contribution in [3.05, 3.63) is 107 Å². The van der Waals surface area contributed by atoms with Crippen molar-refractivity contribution in [2.75, 3.05) is 6.54 Å². The third-order valence-electron chi connectivity index (χ3n) is 5.79. The van der Waals surface area contributed by atoms with E-state index in [4.69, 9.17) is 16.0 Å². The SMILES string of the molecule is Cc1nnc(-c2ccc3c(C(=O)[C@@H](NCCc4ccc(Cl)cc4)c4ccccc4)c[nH]c3c2)o1. The summed E-state index contributed by atoms with van der Waals surface area (Å²) in [6.07, 6.45) is 2.56. The number of carbonyl (C=O) groups excluding carboxylic acids is 1. The second kappa shape index (κ2) is 9.63. The van der Waals surface area contributed by atoms with Crippen LogP contribution in [0.1, 0.15) is 33.4 Å². The maximum Gasteiger partial charge on any atom is 0.247 e. The van der Waals surface area contributed by atoms with Crippen molar-refractivity contribution in [3.63, 3.8) is 0 Å². The molecule has 0 bridgehead atoms. The van der Waals surface area contributed by atoms with Crippen LogP contribution in [0.4, 0.5) is 0 Å². The van der Waals surface area contributed by atoms with Gasteiger partial charge in [-0.25, -0.2) is 0 Å². The molecule has 0 unspecified atom stereocenters. The van der Waals surface area contributed by atoms with Crippen molar-refractivity contribution in [1.29, 1.82) is 0 Å². The van der Waals surface area contributed by atoms with Gasteiger partial charge in [0.05, 0.1) is 6.04 Å². The smallest absolute Gasteiger partial charge is 0.247 e. The van der Waals surface area contributed by atoms with E-state index in [1.165, 1.54) is 0 Å². The molecule has 0 aliphatic rings. The zero-order chi connectivity index (χ0) is 23.5. The number of nitrogens with zero attached hydrogens (tertiary/aromatic N) is 2. The lowest BCUT2D eigenvalue weighted by Gasteiger charge is -2.18. The third kappa shape index (κ3) is 4.64. The average molecular weight is 471 g/mol. The number of H-pyrrole nitrogens is 1. The molecule has 6 nitrogen and oxygen atoms in total. The number of aromatic amines is 1. The summed E-state index contributed by atoms with van der Waals surface area (Å²) in [6.45, 7) is 2.40. The Morgan fingerprint density at radius 2 is 1.85 bits per heavy atom. The first-order valence-corrected chi connectivity index (χ1v) is 11.4. The number of hydrogen-bond acceptors (Lipinski definition) is 5. The molecular formula is C27H23ClN4O2. The number of aryl methyl sites for hydroxylation is 1. The zero-order valence-corrected chi connectivity index (χ0v) is 19.3. The lowest BCUT2D eigenvalue weighted by molar-refractivity contribution is 0.0945. The molecule has 2 heterocycles. The quantitative estimate of drug-likeness (QED) is 0.274. The summed E-state index contributed by atoms with van der Waals surface area (Å²) in [4.78, 5) is 17.0. The molecular weight excluding hydrogens is 448 g/mol. The molecule has 0 radical (unpaired) electrons. The highest BCUT2D eigenvalue weighted by Crippen LogP contribution is 2.28. The van der Waals surface area contributed by atoms with Crippen LogP contribution < -0.4 is 5.32 Å². The number of ketones is 1. The van der Waals surface area contributed by atoms with Crippen molar-refractivity contribution < 1.29 is 9.21 Å². The van der Waals surface area contributed by atoms with E-state index in [9.17, 15) is 4.79 Å². The number of carbonyl (C=O) groups is 1. The molecule has 0 spiro atoms. The Hall–Kier alpha value is -3.74. The van der Waals surface area contributed by atoms with Gasteiger partial charge in [0.2, 0.25) is 11.8 Å². The van der Waals surface area contributed by atoms with Gasteiger partial charge in [-0.05, 0) is 41.8 Å². The van der Waals surface area contributed by atoms with Gasteiger partial charge in [-0.15, -0.1) is 10.2 Å². The van der Waals surface area contributed by atoms with E-state index in [1.54, 1.807) is 13.1 Å². The minimum atomic E-state index is -0.467. The summed E-state index contributed by atoms with van der Waals surface area (Å²) in [7, 11) is 0. The summed E-state index contributed by atoms with van der Waals surface area (Å²) < 4.78 is 5.54. The number of nitrogens with one attached hydrogen (secondary N) is 2. The zero-order valence-electron chi connectivity index (χ0n) is 18.6. The minimum absolute atomic E-state index is 0.00920. The number of halogens is 1. The van der Waals surface area contributed by atoms with Crippen LogP contribution in [0.5, 0.6) is 0 Å². The first kappa shape index (κ1) is 22.1. The van der Waals surface area contributed by atoms with Crippen LogP contribution >= 0.6 is 11.6 Å². The lowest BCUT2D eigenvalue weighted by Crippen LogP contribution is -2.30. The molecule has 3 aromatic carbocycles. The van der Waals surface area contributed by atoms with Gasteiger partial charge in [-0.3, -0.25) is 4.79 Å². The number of aromatic nitrogens is 3. The number of hydrogen-bond donors (Lipinski definition) is 2. The second-order valence-corrected chi connectivity index (χ2v) is 8.56. The van der Waals surface area contributed by atoms with Crippen molar-refractivity contribution in [1.82, 2.24) is 20.5 Å². The molecule has 0 aliphatic heterocycles. The van der Waals surface area contributed by atoms with Gasteiger partial charge in [0.25, 0.3) is 0 Å². The molecule has 2 aromatic heterocycles. The Labute approximate surface area is 202 Å². The van der Waals surface area contributed by atoms with Crippen LogP contribution in [0.3, 0.4) is 0 Å². The predicted octanol–water partition coefficient (Wildman–Crippen LogP) is 5.94. The fourth-order valence-electron chi connectivity index (χ4n) is 4.05. The van der Waals surface area contributed by atoms with E-state index in [2.05, 4.69) is 20.5 Å². The number of benzene rings is 3. The summed E-state index contributed by atoms with van der Waals surface area (Å²) in [5.74, 6) is 0.968. The molecule has 5 aromatic rings. The van der Waals surface area contributed by atoms with Gasteiger partial charge in [0, 0.05) is 46.7 Å². The van der Waals surface area contributed by atoms with E-state index in [0.29, 0.717) is 28.9 Å². The van der Waals surface area contributed by atoms with E-state index in [1.807, 2.05) is 72.8 Å². The summed E-state index contributed by atoms with van der Waals surface area (Å²) in [5.41, 5.74) is 4.36. The predicted molar refractivity (Wildman–Crippen MR) is 133 cm³/mol. The first-order valence-electron chi connectivity index (χ1n) is 11.1. The minimum Gasteiger partial charge on any atom is -0.421 e. The Morgan fingerprint density at radius 1 is 1.06 bits per heavy atom. The third-order valence-corrected chi connectivity index (χ3v) is 6.04. The van der Waals surface area contributed by atoms with Gasteiger partial charge in [0.15, 0.2) is 5.78 Å². The molecule has 7 heteroatoms. The molecule has 5 rings (SSSR count). The maximum atomic E-state index is 13.7. The fraction of sp³-hybridized carbons (Fsp3) is 0.148. The van der Waals surface area contributed by atoms with Crippen molar-refractivity contribution in [2.45, 2.75) is 19.4 Å². The maximum absolute atomic E-state index is 13.7. The molecule has 170 valence electrons.